The molecule has 0 aliphatic rings. The minimum absolute atomic E-state index is 0.00490. The number of sulfonamides is 1. The average molecular weight is 302 g/mol. The summed E-state index contributed by atoms with van der Waals surface area (Å²) in [5.41, 5.74) is 5.55. The summed E-state index contributed by atoms with van der Waals surface area (Å²) >= 11 is 0. The molecular weight excluding hydrogens is 279 g/mol. The van der Waals surface area contributed by atoms with Crippen LogP contribution in [0.15, 0.2) is 17.0 Å². The SMILES string of the molecule is Cc1cc(S(=O)(=O)NC(C)CCC(C)C)cc(N)c1F. The summed E-state index contributed by atoms with van der Waals surface area (Å²) in [6, 6.07) is 2.28. The standard InChI is InChI=1S/C14H23FN2O2S/c1-9(2)5-6-11(4)17-20(18,19)12-7-10(3)14(15)13(16)8-12/h7-9,11,17H,5-6,16H2,1-4H3. The van der Waals surface area contributed by atoms with Crippen LogP contribution >= 0.6 is 0 Å². The maximum absolute atomic E-state index is 13.4. The first kappa shape index (κ1) is 16.9. The zero-order chi connectivity index (χ0) is 15.5. The molecule has 0 aromatic heterocycles. The second-order valence-corrected chi connectivity index (χ2v) is 7.35. The fraction of sp³-hybridized carbons (Fsp3) is 0.571. The summed E-state index contributed by atoms with van der Waals surface area (Å²) in [7, 11) is -3.67. The molecule has 20 heavy (non-hydrogen) atoms. The van der Waals surface area contributed by atoms with E-state index in [1.54, 1.807) is 0 Å². The summed E-state index contributed by atoms with van der Waals surface area (Å²) < 4.78 is 40.5. The van der Waals surface area contributed by atoms with E-state index >= 15 is 0 Å². The van der Waals surface area contributed by atoms with Crippen LogP contribution in [0.5, 0.6) is 0 Å². The molecule has 0 aliphatic carbocycles. The number of nitrogen functional groups attached to an aromatic ring is 1. The van der Waals surface area contributed by atoms with Crippen LogP contribution in [0.3, 0.4) is 0 Å². The van der Waals surface area contributed by atoms with Crippen molar-refractivity contribution in [2.75, 3.05) is 5.73 Å². The Labute approximate surface area is 120 Å². The number of nitrogens with two attached hydrogens (primary N) is 1. The number of rotatable bonds is 6. The topological polar surface area (TPSA) is 72.2 Å². The molecule has 1 unspecified atom stereocenters. The highest BCUT2D eigenvalue weighted by molar-refractivity contribution is 7.89. The number of hydrogen-bond donors (Lipinski definition) is 2. The molecule has 0 heterocycles. The zero-order valence-corrected chi connectivity index (χ0v) is 13.2. The number of anilines is 1. The van der Waals surface area contributed by atoms with Gasteiger partial charge in [0.15, 0.2) is 0 Å². The Hall–Kier alpha value is -1.14. The molecule has 0 aliphatic heterocycles. The van der Waals surface area contributed by atoms with Crippen LogP contribution in [-0.2, 0) is 10.0 Å². The molecule has 0 fully saturated rings. The molecule has 6 heteroatoms. The monoisotopic (exact) mass is 302 g/mol. The van der Waals surface area contributed by atoms with Gasteiger partial charge in [0.25, 0.3) is 0 Å². The van der Waals surface area contributed by atoms with E-state index in [9.17, 15) is 12.8 Å². The third kappa shape index (κ3) is 4.45. The largest absolute Gasteiger partial charge is 0.396 e. The van der Waals surface area contributed by atoms with Gasteiger partial charge in [-0.1, -0.05) is 13.8 Å². The third-order valence-electron chi connectivity index (χ3n) is 3.10. The first-order valence-corrected chi connectivity index (χ1v) is 8.19. The van der Waals surface area contributed by atoms with Gasteiger partial charge in [-0.3, -0.25) is 0 Å². The van der Waals surface area contributed by atoms with Crippen molar-refractivity contribution in [3.05, 3.63) is 23.5 Å². The van der Waals surface area contributed by atoms with Gasteiger partial charge in [-0.25, -0.2) is 17.5 Å². The van der Waals surface area contributed by atoms with Crippen molar-refractivity contribution in [2.45, 2.75) is 51.5 Å². The van der Waals surface area contributed by atoms with E-state index in [0.717, 1.165) is 18.9 Å². The van der Waals surface area contributed by atoms with Gasteiger partial charge < -0.3 is 5.73 Å². The Balaban J connectivity index is 2.89. The van der Waals surface area contributed by atoms with E-state index in [1.807, 2.05) is 6.92 Å². The van der Waals surface area contributed by atoms with Crippen molar-refractivity contribution >= 4 is 15.7 Å². The van der Waals surface area contributed by atoms with Crippen molar-refractivity contribution in [1.82, 2.24) is 4.72 Å². The summed E-state index contributed by atoms with van der Waals surface area (Å²) in [4.78, 5) is 0.00490. The molecule has 0 amide bonds. The van der Waals surface area contributed by atoms with Gasteiger partial charge in [0.05, 0.1) is 10.6 Å². The highest BCUT2D eigenvalue weighted by Gasteiger charge is 2.19. The van der Waals surface area contributed by atoms with Gasteiger partial charge in [0, 0.05) is 6.04 Å². The number of halogens is 1. The van der Waals surface area contributed by atoms with E-state index in [0.29, 0.717) is 5.92 Å². The van der Waals surface area contributed by atoms with Crippen molar-refractivity contribution in [3.8, 4) is 0 Å². The van der Waals surface area contributed by atoms with E-state index in [-0.39, 0.29) is 22.2 Å². The summed E-state index contributed by atoms with van der Waals surface area (Å²) in [5.74, 6) is -0.0533. The van der Waals surface area contributed by atoms with Crippen LogP contribution in [0.2, 0.25) is 0 Å². The van der Waals surface area contributed by atoms with Gasteiger partial charge in [0.1, 0.15) is 5.82 Å². The van der Waals surface area contributed by atoms with Crippen molar-refractivity contribution in [3.63, 3.8) is 0 Å². The van der Waals surface area contributed by atoms with Gasteiger partial charge >= 0.3 is 0 Å². The molecule has 114 valence electrons. The second kappa shape index (κ2) is 6.54. The van der Waals surface area contributed by atoms with Gasteiger partial charge in [-0.05, 0) is 50.3 Å². The predicted octanol–water partition coefficient (Wildman–Crippen LogP) is 2.82. The second-order valence-electron chi connectivity index (χ2n) is 5.64. The first-order chi connectivity index (χ1) is 9.13. The number of benzene rings is 1. The minimum atomic E-state index is -3.67. The highest BCUT2D eigenvalue weighted by atomic mass is 32.2. The zero-order valence-electron chi connectivity index (χ0n) is 12.4. The van der Waals surface area contributed by atoms with Crippen LogP contribution in [0, 0.1) is 18.7 Å². The van der Waals surface area contributed by atoms with Crippen molar-refractivity contribution in [2.24, 2.45) is 5.92 Å². The Kier molecular flexibility index (Phi) is 5.53. The molecule has 0 bridgehead atoms. The number of aryl methyl sites for hydroxylation is 1. The van der Waals surface area contributed by atoms with E-state index in [4.69, 9.17) is 5.73 Å². The van der Waals surface area contributed by atoms with Gasteiger partial charge in [0.2, 0.25) is 10.0 Å². The highest BCUT2D eigenvalue weighted by Crippen LogP contribution is 2.21. The minimum Gasteiger partial charge on any atom is -0.396 e. The Bertz CT molecular complexity index is 548. The number of hydrogen-bond acceptors (Lipinski definition) is 3. The van der Waals surface area contributed by atoms with Crippen LogP contribution in [0.25, 0.3) is 0 Å². The smallest absolute Gasteiger partial charge is 0.240 e. The number of nitrogens with one attached hydrogen (secondary N) is 1. The van der Waals surface area contributed by atoms with Crippen molar-refractivity contribution in [1.29, 1.82) is 0 Å². The Morgan fingerprint density at radius 1 is 1.25 bits per heavy atom. The van der Waals surface area contributed by atoms with Crippen LogP contribution in [0.4, 0.5) is 10.1 Å². The lowest BCUT2D eigenvalue weighted by Crippen LogP contribution is -2.33. The molecule has 0 spiro atoms. The fourth-order valence-corrected chi connectivity index (χ4v) is 3.29. The molecule has 1 atom stereocenters. The molecule has 1 aromatic carbocycles. The molecule has 3 N–H and O–H groups in total. The van der Waals surface area contributed by atoms with Crippen LogP contribution in [0.1, 0.15) is 39.2 Å². The molecular formula is C14H23FN2O2S. The normalized spacial score (nSPS) is 13.7. The molecule has 0 saturated heterocycles. The molecule has 0 saturated carbocycles. The predicted molar refractivity (Wildman–Crippen MR) is 79.4 cm³/mol. The summed E-state index contributed by atoms with van der Waals surface area (Å²) in [6.45, 7) is 7.49. The Morgan fingerprint density at radius 2 is 1.85 bits per heavy atom. The summed E-state index contributed by atoms with van der Waals surface area (Å²) in [6.07, 6.45) is 1.70. The van der Waals surface area contributed by atoms with E-state index in [1.165, 1.54) is 13.0 Å². The molecule has 1 aromatic rings. The first-order valence-electron chi connectivity index (χ1n) is 6.71. The third-order valence-corrected chi connectivity index (χ3v) is 4.67. The maximum Gasteiger partial charge on any atom is 0.240 e. The quantitative estimate of drug-likeness (QED) is 0.794. The molecule has 0 radical (unpaired) electrons. The van der Waals surface area contributed by atoms with Crippen molar-refractivity contribution < 1.29 is 12.8 Å². The van der Waals surface area contributed by atoms with E-state index < -0.39 is 15.8 Å². The van der Waals surface area contributed by atoms with E-state index in [2.05, 4.69) is 18.6 Å². The van der Waals surface area contributed by atoms with Crippen LogP contribution < -0.4 is 10.5 Å². The molecule has 1 rings (SSSR count). The van der Waals surface area contributed by atoms with Gasteiger partial charge in [-0.2, -0.15) is 0 Å². The maximum atomic E-state index is 13.4. The molecule has 4 nitrogen and oxygen atoms in total. The van der Waals surface area contributed by atoms with Crippen LogP contribution in [-0.4, -0.2) is 14.5 Å². The lowest BCUT2D eigenvalue weighted by atomic mass is 10.1. The lowest BCUT2D eigenvalue weighted by molar-refractivity contribution is 0.485. The Morgan fingerprint density at radius 3 is 2.35 bits per heavy atom. The average Bonchev–Trinajstić information content (AvgIpc) is 2.32. The summed E-state index contributed by atoms with van der Waals surface area (Å²) in [5, 5.41) is 0. The fourth-order valence-electron chi connectivity index (χ4n) is 1.89. The lowest BCUT2D eigenvalue weighted by Gasteiger charge is -2.16. The van der Waals surface area contributed by atoms with Gasteiger partial charge in [-0.15, -0.1) is 0 Å².